The van der Waals surface area contributed by atoms with E-state index >= 15 is 0 Å². The number of benzene rings is 2. The van der Waals surface area contributed by atoms with E-state index in [1.165, 1.54) is 31.3 Å². The third-order valence-electron chi connectivity index (χ3n) is 10.7. The number of esters is 1. The predicted octanol–water partition coefficient (Wildman–Crippen LogP) is -2.81. The number of aromatic nitrogens is 4. The number of aromatic hydroxyl groups is 2. The van der Waals surface area contributed by atoms with E-state index in [0.717, 1.165) is 48.1 Å². The lowest BCUT2D eigenvalue weighted by Gasteiger charge is -2.56. The van der Waals surface area contributed by atoms with Crippen LogP contribution in [0, 0.1) is 0 Å². The van der Waals surface area contributed by atoms with Crippen molar-refractivity contribution >= 4 is 47.5 Å². The van der Waals surface area contributed by atoms with Gasteiger partial charge in [-0.3, -0.25) is 38.6 Å². The molecule has 7 N–H and O–H groups in total. The van der Waals surface area contributed by atoms with Gasteiger partial charge in [0.25, 0.3) is 23.3 Å². The van der Waals surface area contributed by atoms with Crippen molar-refractivity contribution in [3.8, 4) is 17.5 Å². The van der Waals surface area contributed by atoms with Crippen molar-refractivity contribution in [3.05, 3.63) is 82.2 Å². The maximum atomic E-state index is 14.1. The molecular weight excluding hydrogens is 872 g/mol. The van der Waals surface area contributed by atoms with Crippen molar-refractivity contribution in [1.82, 2.24) is 40.6 Å². The van der Waals surface area contributed by atoms with Gasteiger partial charge < -0.3 is 64.6 Å². The monoisotopic (exact) mass is 908 g/mol. The Hall–Kier alpha value is -8.01. The highest BCUT2D eigenvalue weighted by Gasteiger charge is 2.69. The maximum absolute atomic E-state index is 14.1. The number of amides is 4. The Kier molecular flexibility index (Phi) is 12.0. The minimum absolute atomic E-state index is 0.0657. The summed E-state index contributed by atoms with van der Waals surface area (Å²) in [6.45, 7) is -2.59. The van der Waals surface area contributed by atoms with Crippen LogP contribution < -0.4 is 15.4 Å². The first kappa shape index (κ1) is 45.0. The number of carbonyl (C=O) groups is 8. The van der Waals surface area contributed by atoms with Gasteiger partial charge in [0.1, 0.15) is 36.1 Å². The predicted molar refractivity (Wildman–Crippen MR) is 203 cm³/mol. The molecule has 3 aromatic rings. The normalized spacial score (nSPS) is 23.2. The van der Waals surface area contributed by atoms with E-state index in [1.807, 2.05) is 0 Å². The number of phenolic OH excluding ortho intramolecular Hbond substituents is 2. The highest BCUT2D eigenvalue weighted by atomic mass is 16.6. The summed E-state index contributed by atoms with van der Waals surface area (Å²) in [7, 11) is 3.43. The zero-order valence-electron chi connectivity index (χ0n) is 33.9. The fraction of sp³-hybridized carbons (Fsp3) is 0.342. The number of nitrogens with one attached hydrogen (secondary N) is 2. The van der Waals surface area contributed by atoms with E-state index in [0.29, 0.717) is 4.90 Å². The van der Waals surface area contributed by atoms with E-state index in [2.05, 4.69) is 26.2 Å². The van der Waals surface area contributed by atoms with Crippen LogP contribution in [-0.2, 0) is 69.1 Å². The Balaban J connectivity index is 1.13. The lowest BCUT2D eigenvalue weighted by molar-refractivity contribution is -0.259. The number of carbonyl (C=O) groups excluding carboxylic acids is 5. The lowest BCUT2D eigenvalue weighted by atomic mass is 9.91. The summed E-state index contributed by atoms with van der Waals surface area (Å²) in [6.07, 6.45) is -3.31. The SMILES string of the molecule is CO[C@@]1(NC(=O)C(C(=O)O)c2ccc(O)cc2)C(=O)N2C(C(=O)O)=C(COC(=O)C3=C(COc4nnnn4C)CO[C@H]4N3C(=O)[C@]4(NC(=O)C(C(=O)O)c3ccc(O)cc3)OC)COC21. The standard InChI is InChI=1S/C38H36N8O19/c1-44-36(41-42-43-44)65-15-19-14-64-35-38(61-3,40-27(50)23(29(53)54)17-6-10-21(48)11-7-17)33(59)46(35)25(19)31(57)62-12-18-13-63-34-37(60-2,32(58)45(34)24(18)30(55)56)39-26(49)22(28(51)52)16-4-8-20(47)9-5-16/h4-11,22-23,34-35,47-48H,12-15H2,1-3H3,(H,39,49)(H,40,50)(H,51,52)(H,53,54)(H,55,56)/t22?,23?,34?,35-,37+,38+/m1/s1. The van der Waals surface area contributed by atoms with Crippen LogP contribution in [0.4, 0.5) is 0 Å². The Morgan fingerprint density at radius 2 is 1.18 bits per heavy atom. The molecule has 0 aliphatic carbocycles. The molecule has 27 heteroatoms. The molecule has 65 heavy (non-hydrogen) atoms. The van der Waals surface area contributed by atoms with Crippen LogP contribution in [0.25, 0.3) is 0 Å². The average molecular weight is 909 g/mol. The van der Waals surface area contributed by atoms with Gasteiger partial charge in [-0.1, -0.05) is 29.4 Å². The third-order valence-corrected chi connectivity index (χ3v) is 10.7. The molecular formula is C38H36N8O19. The van der Waals surface area contributed by atoms with E-state index < -0.39 is 121 Å². The summed E-state index contributed by atoms with van der Waals surface area (Å²) in [5, 5.41) is 64.7. The van der Waals surface area contributed by atoms with Gasteiger partial charge in [0.2, 0.25) is 11.8 Å². The number of carboxylic acid groups (broad SMARTS) is 3. The topological polar surface area (TPSA) is 367 Å². The van der Waals surface area contributed by atoms with E-state index in [9.17, 15) is 63.9 Å². The largest absolute Gasteiger partial charge is 0.508 e. The number of rotatable bonds is 17. The summed E-state index contributed by atoms with van der Waals surface area (Å²) in [5.74, 6) is -15.4. The van der Waals surface area contributed by atoms with Crippen LogP contribution in [0.5, 0.6) is 17.5 Å². The van der Waals surface area contributed by atoms with Crippen molar-refractivity contribution in [2.24, 2.45) is 7.05 Å². The van der Waals surface area contributed by atoms with Gasteiger partial charge in [-0.2, -0.15) is 4.68 Å². The van der Waals surface area contributed by atoms with Crippen molar-refractivity contribution in [2.45, 2.75) is 35.7 Å². The van der Waals surface area contributed by atoms with Crippen LogP contribution in [0.1, 0.15) is 23.0 Å². The van der Waals surface area contributed by atoms with Gasteiger partial charge in [-0.25, -0.2) is 9.59 Å². The zero-order valence-corrected chi connectivity index (χ0v) is 33.9. The van der Waals surface area contributed by atoms with Gasteiger partial charge in [-0.15, -0.1) is 0 Å². The lowest BCUT2D eigenvalue weighted by Crippen LogP contribution is -2.83. The molecule has 1 aromatic heterocycles. The van der Waals surface area contributed by atoms with Gasteiger partial charge in [0.15, 0.2) is 24.3 Å². The number of hydrogen-bond acceptors (Lipinski definition) is 19. The summed E-state index contributed by atoms with van der Waals surface area (Å²) < 4.78 is 34.6. The Morgan fingerprint density at radius 1 is 0.738 bits per heavy atom. The molecule has 2 saturated heterocycles. The number of phenols is 2. The highest BCUT2D eigenvalue weighted by molar-refractivity contribution is 6.09. The Bertz CT molecular complexity index is 2560. The van der Waals surface area contributed by atoms with Crippen LogP contribution in [-0.4, -0.2) is 168 Å². The van der Waals surface area contributed by atoms with Crippen LogP contribution in [0.15, 0.2) is 71.1 Å². The maximum Gasteiger partial charge on any atom is 0.355 e. The first-order valence-electron chi connectivity index (χ1n) is 18.8. The summed E-state index contributed by atoms with van der Waals surface area (Å²) in [5.41, 5.74) is -6.65. The molecule has 0 bridgehead atoms. The second kappa shape index (κ2) is 17.3. The molecule has 4 aliphatic rings. The summed E-state index contributed by atoms with van der Waals surface area (Å²) in [6, 6.07) is 9.14. The van der Waals surface area contributed by atoms with Crippen molar-refractivity contribution in [2.75, 3.05) is 40.6 Å². The van der Waals surface area contributed by atoms with Gasteiger partial charge >= 0.3 is 29.9 Å². The van der Waals surface area contributed by atoms with Crippen LogP contribution in [0.2, 0.25) is 0 Å². The minimum atomic E-state index is -2.42. The Morgan fingerprint density at radius 3 is 1.58 bits per heavy atom. The fourth-order valence-corrected chi connectivity index (χ4v) is 7.47. The number of ether oxygens (including phenoxy) is 6. The van der Waals surface area contributed by atoms with Crippen molar-refractivity contribution in [1.29, 1.82) is 0 Å². The number of fused-ring (bicyclic) bond motifs is 2. The molecule has 342 valence electrons. The number of tetrazole rings is 1. The molecule has 3 unspecified atom stereocenters. The zero-order chi connectivity index (χ0) is 47.1. The fourth-order valence-electron chi connectivity index (χ4n) is 7.47. The molecule has 6 atom stereocenters. The number of carboxylic acids is 3. The number of β-lactam (4-membered cyclic amide) rings is 2. The highest BCUT2D eigenvalue weighted by Crippen LogP contribution is 2.43. The van der Waals surface area contributed by atoms with Crippen molar-refractivity contribution < 1.29 is 92.3 Å². The first-order chi connectivity index (χ1) is 30.9. The smallest absolute Gasteiger partial charge is 0.355 e. The Labute approximate surface area is 363 Å². The van der Waals surface area contributed by atoms with Crippen LogP contribution in [0.3, 0.4) is 0 Å². The molecule has 2 aromatic carbocycles. The molecule has 4 aliphatic heterocycles. The first-order valence-corrected chi connectivity index (χ1v) is 18.8. The number of aryl methyl sites for hydroxylation is 1. The van der Waals surface area contributed by atoms with Gasteiger partial charge in [0.05, 0.1) is 13.2 Å². The summed E-state index contributed by atoms with van der Waals surface area (Å²) in [4.78, 5) is 107. The second-order valence-corrected chi connectivity index (χ2v) is 14.4. The number of nitrogens with zero attached hydrogens (tertiary/aromatic N) is 6. The van der Waals surface area contributed by atoms with Gasteiger partial charge in [0, 0.05) is 32.4 Å². The molecule has 0 saturated carbocycles. The molecule has 2 fully saturated rings. The van der Waals surface area contributed by atoms with Gasteiger partial charge in [-0.05, 0) is 45.8 Å². The molecule has 0 radical (unpaired) electrons. The molecule has 27 nitrogen and oxygen atoms in total. The summed E-state index contributed by atoms with van der Waals surface area (Å²) >= 11 is 0. The third kappa shape index (κ3) is 7.66. The van der Waals surface area contributed by atoms with E-state index in [-0.39, 0.29) is 39.8 Å². The molecule has 4 amide bonds. The van der Waals surface area contributed by atoms with Crippen LogP contribution >= 0.6 is 0 Å². The minimum Gasteiger partial charge on any atom is -0.508 e. The average Bonchev–Trinajstić information content (AvgIpc) is 3.69. The quantitative estimate of drug-likeness (QED) is 0.0311. The molecule has 5 heterocycles. The number of methoxy groups -OCH3 is 2. The van der Waals surface area contributed by atoms with Crippen molar-refractivity contribution in [3.63, 3.8) is 0 Å². The number of hydrogen-bond donors (Lipinski definition) is 7. The van der Waals surface area contributed by atoms with E-state index in [4.69, 9.17) is 28.4 Å². The van der Waals surface area contributed by atoms with E-state index in [1.54, 1.807) is 0 Å². The number of aliphatic carboxylic acids is 3. The molecule has 7 rings (SSSR count). The second-order valence-electron chi connectivity index (χ2n) is 14.4. The molecule has 0 spiro atoms.